The van der Waals surface area contributed by atoms with E-state index >= 15 is 0 Å². The van der Waals surface area contributed by atoms with E-state index in [1.54, 1.807) is 11.3 Å². The molecule has 2 rings (SSSR count). The van der Waals surface area contributed by atoms with E-state index in [4.69, 9.17) is 0 Å². The number of hydrogen-bond acceptors (Lipinski definition) is 3. The van der Waals surface area contributed by atoms with Gasteiger partial charge in [0.25, 0.3) is 0 Å². The van der Waals surface area contributed by atoms with Crippen molar-refractivity contribution < 1.29 is 0 Å². The molecule has 0 bridgehead atoms. The molecule has 15 heavy (non-hydrogen) atoms. The van der Waals surface area contributed by atoms with Gasteiger partial charge < -0.3 is 4.90 Å². The van der Waals surface area contributed by atoms with Crippen LogP contribution in [-0.4, -0.2) is 18.1 Å². The van der Waals surface area contributed by atoms with Gasteiger partial charge in [0.05, 0.1) is 5.51 Å². The highest BCUT2D eigenvalue weighted by molar-refractivity contribution is 7.10. The average molecular weight is 224 g/mol. The van der Waals surface area contributed by atoms with Crippen LogP contribution in [0, 0.1) is 18.8 Å². The van der Waals surface area contributed by atoms with E-state index in [9.17, 15) is 0 Å². The predicted octanol–water partition coefficient (Wildman–Crippen LogP) is 3.32. The first-order chi connectivity index (χ1) is 7.18. The van der Waals surface area contributed by atoms with Crippen molar-refractivity contribution in [2.24, 2.45) is 11.8 Å². The Kier molecular flexibility index (Phi) is 3.29. The van der Waals surface area contributed by atoms with Gasteiger partial charge in [-0.1, -0.05) is 13.8 Å². The molecule has 2 nitrogen and oxygen atoms in total. The van der Waals surface area contributed by atoms with Crippen LogP contribution in [0.4, 0.5) is 5.82 Å². The Bertz CT molecular complexity index is 311. The highest BCUT2D eigenvalue weighted by Crippen LogP contribution is 2.29. The molecule has 1 aromatic rings. The number of thiazole rings is 1. The molecule has 0 saturated carbocycles. The highest BCUT2D eigenvalue weighted by atomic mass is 32.1. The van der Waals surface area contributed by atoms with Crippen molar-refractivity contribution in [3.05, 3.63) is 10.4 Å². The summed E-state index contributed by atoms with van der Waals surface area (Å²) >= 11 is 1.75. The highest BCUT2D eigenvalue weighted by Gasteiger charge is 2.23. The molecule has 0 amide bonds. The SMILES string of the molecule is Cc1scnc1N1CCC(C(C)C)CC1. The van der Waals surface area contributed by atoms with Gasteiger partial charge in [0, 0.05) is 18.0 Å². The van der Waals surface area contributed by atoms with Gasteiger partial charge in [-0.2, -0.15) is 0 Å². The summed E-state index contributed by atoms with van der Waals surface area (Å²) in [6.07, 6.45) is 2.66. The third-order valence-electron chi connectivity index (χ3n) is 3.50. The molecule has 1 aliphatic rings. The molecule has 1 aromatic heterocycles. The molecular weight excluding hydrogens is 204 g/mol. The van der Waals surface area contributed by atoms with E-state index in [2.05, 4.69) is 30.7 Å². The Morgan fingerprint density at radius 1 is 1.40 bits per heavy atom. The minimum Gasteiger partial charge on any atom is -0.356 e. The van der Waals surface area contributed by atoms with Crippen LogP contribution in [0.1, 0.15) is 31.6 Å². The Labute approximate surface area is 96.3 Å². The van der Waals surface area contributed by atoms with Crippen LogP contribution in [0.2, 0.25) is 0 Å². The summed E-state index contributed by atoms with van der Waals surface area (Å²) in [5.41, 5.74) is 1.96. The summed E-state index contributed by atoms with van der Waals surface area (Å²) in [7, 11) is 0. The lowest BCUT2D eigenvalue weighted by Gasteiger charge is -2.34. The first kappa shape index (κ1) is 10.9. The molecule has 0 N–H and O–H groups in total. The van der Waals surface area contributed by atoms with Crippen LogP contribution in [0.3, 0.4) is 0 Å². The van der Waals surface area contributed by atoms with E-state index in [0.29, 0.717) is 0 Å². The molecule has 1 saturated heterocycles. The first-order valence-corrected chi connectivity index (χ1v) is 6.71. The van der Waals surface area contributed by atoms with Crippen molar-refractivity contribution in [2.75, 3.05) is 18.0 Å². The van der Waals surface area contributed by atoms with Crippen molar-refractivity contribution in [2.45, 2.75) is 33.6 Å². The Hall–Kier alpha value is -0.570. The van der Waals surface area contributed by atoms with Crippen LogP contribution in [-0.2, 0) is 0 Å². The summed E-state index contributed by atoms with van der Waals surface area (Å²) in [6, 6.07) is 0. The van der Waals surface area contributed by atoms with Gasteiger partial charge in [0.15, 0.2) is 0 Å². The number of aromatic nitrogens is 1. The van der Waals surface area contributed by atoms with Crippen LogP contribution in [0.15, 0.2) is 5.51 Å². The Balaban J connectivity index is 1.97. The fourth-order valence-corrected chi connectivity index (χ4v) is 2.98. The minimum atomic E-state index is 0.837. The standard InChI is InChI=1S/C12H20N2S/c1-9(2)11-4-6-14(7-5-11)12-10(3)15-8-13-12/h8-9,11H,4-7H2,1-3H3. The Morgan fingerprint density at radius 2 is 2.07 bits per heavy atom. The molecule has 84 valence electrons. The lowest BCUT2D eigenvalue weighted by atomic mass is 9.87. The van der Waals surface area contributed by atoms with Crippen molar-refractivity contribution in [1.29, 1.82) is 0 Å². The molecule has 1 fully saturated rings. The average Bonchev–Trinajstić information content (AvgIpc) is 2.65. The predicted molar refractivity (Wildman–Crippen MR) is 66.6 cm³/mol. The molecule has 0 unspecified atom stereocenters. The zero-order valence-corrected chi connectivity index (χ0v) is 10.7. The quantitative estimate of drug-likeness (QED) is 0.766. The van der Waals surface area contributed by atoms with E-state index in [0.717, 1.165) is 11.8 Å². The van der Waals surface area contributed by atoms with Crippen LogP contribution in [0.5, 0.6) is 0 Å². The molecule has 0 spiro atoms. The van der Waals surface area contributed by atoms with Gasteiger partial charge in [0.1, 0.15) is 5.82 Å². The monoisotopic (exact) mass is 224 g/mol. The van der Waals surface area contributed by atoms with Crippen molar-refractivity contribution >= 4 is 17.2 Å². The smallest absolute Gasteiger partial charge is 0.142 e. The number of piperidine rings is 1. The van der Waals surface area contributed by atoms with Crippen LogP contribution in [0.25, 0.3) is 0 Å². The van der Waals surface area contributed by atoms with Gasteiger partial charge in [0.2, 0.25) is 0 Å². The van der Waals surface area contributed by atoms with E-state index < -0.39 is 0 Å². The topological polar surface area (TPSA) is 16.1 Å². The maximum absolute atomic E-state index is 4.45. The molecular formula is C12H20N2S. The zero-order chi connectivity index (χ0) is 10.8. The zero-order valence-electron chi connectivity index (χ0n) is 9.86. The molecule has 1 aliphatic heterocycles. The second-order valence-corrected chi connectivity index (χ2v) is 5.86. The molecule has 0 aromatic carbocycles. The number of nitrogens with zero attached hydrogens (tertiary/aromatic N) is 2. The number of anilines is 1. The third-order valence-corrected chi connectivity index (χ3v) is 4.25. The maximum Gasteiger partial charge on any atom is 0.142 e. The lowest BCUT2D eigenvalue weighted by molar-refractivity contribution is 0.310. The summed E-state index contributed by atoms with van der Waals surface area (Å²) < 4.78 is 0. The number of hydrogen-bond donors (Lipinski definition) is 0. The molecule has 2 heterocycles. The van der Waals surface area contributed by atoms with Crippen LogP contribution >= 0.6 is 11.3 Å². The lowest BCUT2D eigenvalue weighted by Crippen LogP contribution is -2.35. The number of rotatable bonds is 2. The molecule has 0 aliphatic carbocycles. The summed E-state index contributed by atoms with van der Waals surface area (Å²) in [5.74, 6) is 2.98. The summed E-state index contributed by atoms with van der Waals surface area (Å²) in [6.45, 7) is 9.23. The normalized spacial score (nSPS) is 18.8. The second-order valence-electron chi connectivity index (χ2n) is 4.80. The van der Waals surface area contributed by atoms with Crippen LogP contribution < -0.4 is 4.90 Å². The molecule has 3 heteroatoms. The fraction of sp³-hybridized carbons (Fsp3) is 0.750. The van der Waals surface area contributed by atoms with Gasteiger partial charge in [-0.05, 0) is 31.6 Å². The van der Waals surface area contributed by atoms with Gasteiger partial charge in [-0.3, -0.25) is 0 Å². The first-order valence-electron chi connectivity index (χ1n) is 5.83. The third kappa shape index (κ3) is 2.33. The molecule has 0 radical (unpaired) electrons. The van der Waals surface area contributed by atoms with Gasteiger partial charge in [-0.15, -0.1) is 11.3 Å². The van der Waals surface area contributed by atoms with Gasteiger partial charge in [-0.25, -0.2) is 4.98 Å². The fourth-order valence-electron chi connectivity index (χ4n) is 2.38. The van der Waals surface area contributed by atoms with Crippen molar-refractivity contribution in [3.8, 4) is 0 Å². The van der Waals surface area contributed by atoms with E-state index in [-0.39, 0.29) is 0 Å². The van der Waals surface area contributed by atoms with E-state index in [1.165, 1.54) is 36.6 Å². The summed E-state index contributed by atoms with van der Waals surface area (Å²) in [5, 5.41) is 0. The summed E-state index contributed by atoms with van der Waals surface area (Å²) in [4.78, 5) is 8.26. The minimum absolute atomic E-state index is 0.837. The second kappa shape index (κ2) is 4.52. The van der Waals surface area contributed by atoms with Gasteiger partial charge >= 0.3 is 0 Å². The maximum atomic E-state index is 4.45. The Morgan fingerprint density at radius 3 is 2.53 bits per heavy atom. The van der Waals surface area contributed by atoms with Crippen molar-refractivity contribution in [3.63, 3.8) is 0 Å². The van der Waals surface area contributed by atoms with E-state index in [1.807, 2.05) is 5.51 Å². The molecule has 0 atom stereocenters. The van der Waals surface area contributed by atoms with Crippen molar-refractivity contribution in [1.82, 2.24) is 4.98 Å². The largest absolute Gasteiger partial charge is 0.356 e. The number of aryl methyl sites for hydroxylation is 1.